The summed E-state index contributed by atoms with van der Waals surface area (Å²) in [6.45, 7) is 9.14. The molecule has 2 heterocycles. The monoisotopic (exact) mass is 976 g/mol. The lowest BCUT2D eigenvalue weighted by Crippen LogP contribution is -2.34. The molecule has 4 heteroatoms. The number of benzene rings is 10. The second-order valence-electron chi connectivity index (χ2n) is 19.3. The van der Waals surface area contributed by atoms with Crippen LogP contribution in [0.1, 0.15) is 83.3 Å². The van der Waals surface area contributed by atoms with Gasteiger partial charge in [0.1, 0.15) is 24.7 Å². The van der Waals surface area contributed by atoms with Crippen LogP contribution in [0.3, 0.4) is 0 Å². The van der Waals surface area contributed by atoms with E-state index in [1.807, 2.05) is 37.4 Å². The van der Waals surface area contributed by atoms with Gasteiger partial charge in [0.05, 0.1) is 10.8 Å². The Hall–Kier alpha value is -7.86. The van der Waals surface area contributed by atoms with Crippen LogP contribution in [0, 0.1) is 23.7 Å². The maximum Gasteiger partial charge on any atom is 0.149 e. The van der Waals surface area contributed by atoms with Crippen molar-refractivity contribution in [1.82, 2.24) is 0 Å². The van der Waals surface area contributed by atoms with Crippen LogP contribution in [0.2, 0.25) is 0 Å². The third kappa shape index (κ3) is 7.80. The van der Waals surface area contributed by atoms with Crippen molar-refractivity contribution in [3.63, 3.8) is 0 Å². The van der Waals surface area contributed by atoms with E-state index in [-0.39, 0.29) is 5.41 Å². The summed E-state index contributed by atoms with van der Waals surface area (Å²) in [7, 11) is 0. The minimum absolute atomic E-state index is 0.315. The van der Waals surface area contributed by atoms with Gasteiger partial charge in [0.2, 0.25) is 0 Å². The minimum atomic E-state index is -0.565. The maximum atomic E-state index is 5.98. The summed E-state index contributed by atoms with van der Waals surface area (Å²) in [6, 6.07) is 81.5. The molecule has 0 radical (unpaired) electrons. The smallest absolute Gasteiger partial charge is 0.149 e. The van der Waals surface area contributed by atoms with Gasteiger partial charge in [-0.15, -0.1) is 11.8 Å². The van der Waals surface area contributed by atoms with E-state index in [1.165, 1.54) is 86.0 Å². The van der Waals surface area contributed by atoms with Crippen molar-refractivity contribution in [3.05, 3.63) is 274 Å². The molecule has 12 rings (SSSR count). The average Bonchev–Trinajstić information content (AvgIpc) is 3.44. The molecule has 0 bridgehead atoms. The van der Waals surface area contributed by atoms with E-state index in [1.54, 1.807) is 0 Å². The summed E-state index contributed by atoms with van der Waals surface area (Å²) in [5, 5.41) is 4.60. The molecule has 2 nitrogen and oxygen atoms in total. The van der Waals surface area contributed by atoms with Crippen LogP contribution in [-0.2, 0) is 16.2 Å². The second kappa shape index (κ2) is 19.0. The van der Waals surface area contributed by atoms with Gasteiger partial charge >= 0.3 is 0 Å². The number of hydrogen-bond acceptors (Lipinski definition) is 4. The predicted octanol–water partition coefficient (Wildman–Crippen LogP) is 16.8. The summed E-state index contributed by atoms with van der Waals surface area (Å²) in [5.41, 5.74) is 11.2. The normalized spacial score (nSPS) is 13.8. The van der Waals surface area contributed by atoms with Crippen molar-refractivity contribution >= 4 is 45.1 Å². The first-order valence-corrected chi connectivity index (χ1v) is 26.5. The molecule has 352 valence electrons. The first kappa shape index (κ1) is 46.2. The molecule has 2 aliphatic heterocycles. The fourth-order valence-electron chi connectivity index (χ4n) is 11.5. The van der Waals surface area contributed by atoms with Crippen LogP contribution in [0.4, 0.5) is 0 Å². The van der Waals surface area contributed by atoms with Gasteiger partial charge in [0.25, 0.3) is 0 Å². The van der Waals surface area contributed by atoms with Crippen LogP contribution < -0.4 is 9.47 Å². The van der Waals surface area contributed by atoms with Crippen molar-refractivity contribution in [3.8, 4) is 35.2 Å². The topological polar surface area (TPSA) is 18.5 Å². The second-order valence-corrected chi connectivity index (χ2v) is 21.5. The van der Waals surface area contributed by atoms with Gasteiger partial charge in [-0.1, -0.05) is 207 Å². The van der Waals surface area contributed by atoms with Crippen LogP contribution in [0.15, 0.2) is 238 Å². The van der Waals surface area contributed by atoms with E-state index in [4.69, 9.17) is 9.47 Å². The van der Waals surface area contributed by atoms with Crippen molar-refractivity contribution in [2.24, 2.45) is 0 Å². The van der Waals surface area contributed by atoms with E-state index in [0.717, 1.165) is 22.3 Å². The zero-order valence-corrected chi connectivity index (χ0v) is 43.0. The summed E-state index contributed by atoms with van der Waals surface area (Å²) < 4.78 is 12.0. The van der Waals surface area contributed by atoms with Gasteiger partial charge in [0.15, 0.2) is 0 Å². The van der Waals surface area contributed by atoms with Crippen molar-refractivity contribution in [1.29, 1.82) is 0 Å². The van der Waals surface area contributed by atoms with E-state index < -0.39 is 10.8 Å². The number of rotatable bonds is 10. The highest BCUT2D eigenvalue weighted by Gasteiger charge is 2.46. The molecule has 2 aliphatic rings. The van der Waals surface area contributed by atoms with E-state index in [2.05, 4.69) is 256 Å². The third-order valence-corrected chi connectivity index (χ3v) is 17.5. The molecule has 73 heavy (non-hydrogen) atoms. The fraction of sp³-hybridized carbons (Fsp3) is 0.130. The molecule has 0 unspecified atom stereocenters. The standard InChI is InChI=1S/C69H52O2S2/c1-5-7-41-70-57-39-27-47-43-55(29-25-49(47)45-57)68(59-17-9-13-21-63(59)72-64-22-14-10-18-60(64)68)53-35-31-51(32-36-53)67(3,4)52-33-37-54(38-34-52)69(61-19-11-15-23-65(61)73-66-24-16-12-20-62(66)69)56-30-26-50-46-58(71-42-8-6-2)40-28-48(50)44-56/h9-40,43-46H,41-42H2,1-4H3. The molecule has 10 aromatic rings. The highest BCUT2D eigenvalue weighted by atomic mass is 32.2. The lowest BCUT2D eigenvalue weighted by Gasteiger charge is -2.42. The number of hydrogen-bond donors (Lipinski definition) is 0. The predicted molar refractivity (Wildman–Crippen MR) is 303 cm³/mol. The maximum absolute atomic E-state index is 5.98. The number of ether oxygens (including phenoxy) is 2. The molecule has 10 aromatic carbocycles. The Morgan fingerprint density at radius 1 is 0.370 bits per heavy atom. The largest absolute Gasteiger partial charge is 0.481 e. The lowest BCUT2D eigenvalue weighted by molar-refractivity contribution is 0.370. The van der Waals surface area contributed by atoms with E-state index in [0.29, 0.717) is 13.2 Å². The number of fused-ring (bicyclic) bond motifs is 6. The molecular weight excluding hydrogens is 925 g/mol. The van der Waals surface area contributed by atoms with Gasteiger partial charge in [0, 0.05) is 25.0 Å². The quantitative estimate of drug-likeness (QED) is 0.127. The Bertz CT molecular complexity index is 3540. The first-order chi connectivity index (χ1) is 35.8. The Kier molecular flexibility index (Phi) is 12.0. The fourth-order valence-corrected chi connectivity index (χ4v) is 13.9. The molecule has 0 aromatic heterocycles. The Labute approximate surface area is 437 Å². The highest BCUT2D eigenvalue weighted by Crippen LogP contribution is 2.58. The first-order valence-electron chi connectivity index (χ1n) is 24.9. The minimum Gasteiger partial charge on any atom is -0.481 e. The van der Waals surface area contributed by atoms with Crippen LogP contribution >= 0.6 is 23.5 Å². The molecule has 0 saturated carbocycles. The van der Waals surface area contributed by atoms with Gasteiger partial charge < -0.3 is 9.47 Å². The molecular formula is C69H52O2S2. The summed E-state index contributed by atoms with van der Waals surface area (Å²) in [4.78, 5) is 5.08. The SMILES string of the molecule is CC#CCOc1ccc2cc(C3(c4ccc(C(C)(C)c5ccc(C6(c7ccc8cc(OCC#CC)ccc8c7)c7ccccc7Sc7ccccc76)cc5)cc4)c4ccccc4Sc4ccccc43)ccc2c1. The van der Waals surface area contributed by atoms with Crippen molar-refractivity contribution < 1.29 is 9.47 Å². The molecule has 0 N–H and O–H groups in total. The summed E-state index contributed by atoms with van der Waals surface area (Å²) in [5.74, 6) is 13.5. The summed E-state index contributed by atoms with van der Waals surface area (Å²) in [6.07, 6.45) is 0. The van der Waals surface area contributed by atoms with Crippen LogP contribution in [-0.4, -0.2) is 13.2 Å². The molecule has 0 saturated heterocycles. The van der Waals surface area contributed by atoms with Gasteiger partial charge in [-0.3, -0.25) is 0 Å². The molecule has 0 atom stereocenters. The van der Waals surface area contributed by atoms with Gasteiger partial charge in [-0.2, -0.15) is 0 Å². The average molecular weight is 977 g/mol. The van der Waals surface area contributed by atoms with Gasteiger partial charge in [-0.05, 0) is 152 Å². The summed E-state index contributed by atoms with van der Waals surface area (Å²) >= 11 is 3.72. The Balaban J connectivity index is 0.957. The molecule has 0 spiro atoms. The molecule has 0 aliphatic carbocycles. The Morgan fingerprint density at radius 3 is 1.04 bits per heavy atom. The highest BCUT2D eigenvalue weighted by molar-refractivity contribution is 7.99. The van der Waals surface area contributed by atoms with E-state index >= 15 is 0 Å². The van der Waals surface area contributed by atoms with Crippen LogP contribution in [0.5, 0.6) is 11.5 Å². The van der Waals surface area contributed by atoms with Gasteiger partial charge in [-0.25, -0.2) is 0 Å². The third-order valence-electron chi connectivity index (χ3n) is 15.1. The van der Waals surface area contributed by atoms with Crippen molar-refractivity contribution in [2.75, 3.05) is 13.2 Å². The van der Waals surface area contributed by atoms with Crippen LogP contribution in [0.25, 0.3) is 21.5 Å². The van der Waals surface area contributed by atoms with Crippen molar-refractivity contribution in [2.45, 2.75) is 63.5 Å². The molecule has 0 fully saturated rings. The molecule has 0 amide bonds. The van der Waals surface area contributed by atoms with E-state index in [9.17, 15) is 0 Å². The zero-order valence-electron chi connectivity index (χ0n) is 41.3. The lowest BCUT2D eigenvalue weighted by atomic mass is 9.63. The Morgan fingerprint density at radius 2 is 0.685 bits per heavy atom. The zero-order chi connectivity index (χ0) is 49.6.